The van der Waals surface area contributed by atoms with Crippen LogP contribution in [0.15, 0.2) is 12.3 Å². The van der Waals surface area contributed by atoms with Crippen molar-refractivity contribution in [2.45, 2.75) is 118 Å². The predicted octanol–water partition coefficient (Wildman–Crippen LogP) is 3.28. The van der Waals surface area contributed by atoms with E-state index in [1.807, 2.05) is 11.9 Å². The Morgan fingerprint density at radius 3 is 2.00 bits per heavy atom. The third kappa shape index (κ3) is 13.5. The molecule has 0 radical (unpaired) electrons. The van der Waals surface area contributed by atoms with E-state index in [9.17, 15) is 19.5 Å². The summed E-state index contributed by atoms with van der Waals surface area (Å²) in [5, 5.41) is 20.7. The van der Waals surface area contributed by atoms with E-state index >= 15 is 0 Å². The van der Waals surface area contributed by atoms with E-state index in [2.05, 4.69) is 62.0 Å². The zero-order chi connectivity index (χ0) is 30.4. The highest BCUT2D eigenvalue weighted by Crippen LogP contribution is 2.19. The molecule has 0 aromatic carbocycles. The molecule has 0 aliphatic carbocycles. The Morgan fingerprint density at radius 2 is 1.48 bits per heavy atom. The Labute approximate surface area is 243 Å². The maximum Gasteiger partial charge on any atom is 0.245 e. The largest absolute Gasteiger partial charge is 0.391 e. The van der Waals surface area contributed by atoms with Crippen LogP contribution in [-0.4, -0.2) is 90.1 Å². The molecule has 9 nitrogen and oxygen atoms in total. The van der Waals surface area contributed by atoms with Crippen LogP contribution in [0.3, 0.4) is 0 Å². The first-order valence-electron chi connectivity index (χ1n) is 15.4. The van der Waals surface area contributed by atoms with E-state index in [0.717, 1.165) is 38.8 Å². The molecule has 9 heteroatoms. The molecule has 1 heterocycles. The van der Waals surface area contributed by atoms with Gasteiger partial charge in [0.05, 0.1) is 18.2 Å². The molecule has 1 saturated heterocycles. The fraction of sp³-hybridized carbons (Fsp3) is 0.839. The van der Waals surface area contributed by atoms with Crippen molar-refractivity contribution in [2.24, 2.45) is 17.8 Å². The number of aliphatic hydroxyl groups is 1. The number of likely N-dealkylation sites (N-methyl/N-ethyl adjacent to an activating group) is 1. The average Bonchev–Trinajstić information content (AvgIpc) is 2.87. The summed E-state index contributed by atoms with van der Waals surface area (Å²) in [7, 11) is 2.05. The lowest BCUT2D eigenvalue weighted by molar-refractivity contribution is -0.139. The zero-order valence-electron chi connectivity index (χ0n) is 26.6. The summed E-state index contributed by atoms with van der Waals surface area (Å²) in [5.41, 5.74) is 0.684. The minimum absolute atomic E-state index is 0.0215. The topological polar surface area (TPSA) is 114 Å². The summed E-state index contributed by atoms with van der Waals surface area (Å²) in [6.45, 7) is 21.0. The van der Waals surface area contributed by atoms with Crippen molar-refractivity contribution in [1.82, 2.24) is 25.8 Å². The number of aliphatic hydroxyl groups excluding tert-OH is 1. The van der Waals surface area contributed by atoms with Gasteiger partial charge in [-0.1, -0.05) is 61.0 Å². The molecule has 1 aliphatic heterocycles. The average molecular weight is 566 g/mol. The highest BCUT2D eigenvalue weighted by atomic mass is 16.3. The predicted molar refractivity (Wildman–Crippen MR) is 163 cm³/mol. The molecule has 0 aromatic rings. The van der Waals surface area contributed by atoms with Gasteiger partial charge in [-0.25, -0.2) is 0 Å². The third-order valence-electron chi connectivity index (χ3n) is 7.71. The summed E-state index contributed by atoms with van der Waals surface area (Å²) in [6.07, 6.45) is 4.38. The van der Waals surface area contributed by atoms with Crippen molar-refractivity contribution < 1.29 is 19.5 Å². The van der Waals surface area contributed by atoms with E-state index in [4.69, 9.17) is 0 Å². The van der Waals surface area contributed by atoms with Crippen molar-refractivity contribution in [3.63, 3.8) is 0 Å². The van der Waals surface area contributed by atoms with Crippen LogP contribution in [0.1, 0.15) is 93.4 Å². The molecule has 1 rings (SSSR count). The van der Waals surface area contributed by atoms with Crippen molar-refractivity contribution in [1.29, 1.82) is 0 Å². The number of carbonyl (C=O) groups excluding carboxylic acids is 3. The van der Waals surface area contributed by atoms with Crippen LogP contribution in [0.2, 0.25) is 0 Å². The van der Waals surface area contributed by atoms with Gasteiger partial charge in [-0.2, -0.15) is 0 Å². The minimum atomic E-state index is -0.794. The van der Waals surface area contributed by atoms with Crippen molar-refractivity contribution >= 4 is 17.7 Å². The lowest BCUT2D eigenvalue weighted by Crippen LogP contribution is -2.55. The molecular weight excluding hydrogens is 506 g/mol. The van der Waals surface area contributed by atoms with E-state index < -0.39 is 18.1 Å². The molecule has 1 aliphatic rings. The second-order valence-electron chi connectivity index (χ2n) is 12.7. The van der Waals surface area contributed by atoms with Crippen molar-refractivity contribution in [3.05, 3.63) is 12.3 Å². The Bertz CT molecular complexity index is 795. The van der Waals surface area contributed by atoms with Gasteiger partial charge in [0.2, 0.25) is 17.7 Å². The number of rotatable bonds is 18. The molecule has 0 bridgehead atoms. The molecule has 0 aromatic heterocycles. The van der Waals surface area contributed by atoms with E-state index in [0.29, 0.717) is 37.5 Å². The quantitative estimate of drug-likeness (QED) is 0.203. The summed E-state index contributed by atoms with van der Waals surface area (Å²) >= 11 is 0. The Hall–Kier alpha value is -2.13. The van der Waals surface area contributed by atoms with Crippen LogP contribution in [0.4, 0.5) is 0 Å². The second-order valence-corrected chi connectivity index (χ2v) is 12.7. The first-order valence-corrected chi connectivity index (χ1v) is 15.4. The summed E-state index contributed by atoms with van der Waals surface area (Å²) < 4.78 is 0. The van der Waals surface area contributed by atoms with Crippen LogP contribution >= 0.6 is 0 Å². The number of hydrogen-bond acceptors (Lipinski definition) is 6. The molecule has 40 heavy (non-hydrogen) atoms. The van der Waals surface area contributed by atoms with Gasteiger partial charge in [0.15, 0.2) is 0 Å². The van der Waals surface area contributed by atoms with Crippen LogP contribution < -0.4 is 16.0 Å². The van der Waals surface area contributed by atoms with E-state index in [1.165, 1.54) is 6.92 Å². The number of nitrogens with one attached hydrogen (secondary N) is 3. The molecule has 232 valence electrons. The van der Waals surface area contributed by atoms with Crippen LogP contribution in [0.25, 0.3) is 0 Å². The number of amides is 3. The van der Waals surface area contributed by atoms with E-state index in [1.54, 1.807) is 6.92 Å². The van der Waals surface area contributed by atoms with E-state index in [-0.39, 0.29) is 42.1 Å². The molecule has 3 amide bonds. The van der Waals surface area contributed by atoms with Crippen LogP contribution in [0, 0.1) is 17.8 Å². The first-order chi connectivity index (χ1) is 18.7. The van der Waals surface area contributed by atoms with Gasteiger partial charge in [-0.3, -0.25) is 14.4 Å². The van der Waals surface area contributed by atoms with Crippen LogP contribution in [0.5, 0.6) is 0 Å². The Morgan fingerprint density at radius 1 is 0.850 bits per heavy atom. The Kier molecular flexibility index (Phi) is 16.5. The number of carbonyl (C=O) groups is 3. The molecule has 1 fully saturated rings. The molecule has 5 atom stereocenters. The highest BCUT2D eigenvalue weighted by Gasteiger charge is 2.31. The zero-order valence-corrected chi connectivity index (χ0v) is 26.6. The summed E-state index contributed by atoms with van der Waals surface area (Å²) in [6, 6.07) is -1.09. The van der Waals surface area contributed by atoms with Gasteiger partial charge < -0.3 is 30.9 Å². The lowest BCUT2D eigenvalue weighted by atomic mass is 9.92. The van der Waals surface area contributed by atoms with Crippen molar-refractivity contribution in [2.75, 3.05) is 33.2 Å². The van der Waals surface area contributed by atoms with Crippen LogP contribution in [-0.2, 0) is 14.4 Å². The maximum atomic E-state index is 13.3. The highest BCUT2D eigenvalue weighted by molar-refractivity contribution is 5.88. The number of nitrogens with zero attached hydrogens (tertiary/aromatic N) is 2. The minimum Gasteiger partial charge on any atom is -0.391 e. The third-order valence-corrected chi connectivity index (χ3v) is 7.71. The molecule has 0 saturated carbocycles. The van der Waals surface area contributed by atoms with Gasteiger partial charge in [-0.05, 0) is 51.0 Å². The van der Waals surface area contributed by atoms with Gasteiger partial charge in [0.25, 0.3) is 0 Å². The fourth-order valence-electron chi connectivity index (χ4n) is 5.09. The van der Waals surface area contributed by atoms with Gasteiger partial charge in [0.1, 0.15) is 6.04 Å². The SMILES string of the molecule is C=C(N[C@@H](CCC(C)C)C(O)CC(C)C(=O)N[C@@H](CC(C)C)C(=O)N1CCN(C)CC1)C(CCCC)NC(C)=O. The maximum absolute atomic E-state index is 13.3. The normalized spacial score (nSPS) is 18.1. The molecule has 3 unspecified atom stereocenters. The standard InChI is InChI=1S/C31H59N5O4/c1-10-11-12-26(33-25(8)37)24(7)32-27(14-13-21(2)3)29(38)20-23(6)30(39)34-28(19-22(4)5)31(40)36-17-15-35(9)16-18-36/h21-23,26-29,32,38H,7,10-20H2,1-6,8-9H3,(H,33,37)(H,34,39)/t23?,26?,27-,28-,29?/m0/s1. The number of unbranched alkanes of at least 4 members (excludes halogenated alkanes) is 1. The van der Waals surface area contributed by atoms with Gasteiger partial charge >= 0.3 is 0 Å². The lowest BCUT2D eigenvalue weighted by Gasteiger charge is -2.35. The summed E-state index contributed by atoms with van der Waals surface area (Å²) in [4.78, 5) is 42.4. The smallest absolute Gasteiger partial charge is 0.245 e. The molecule has 0 spiro atoms. The van der Waals surface area contributed by atoms with Crippen molar-refractivity contribution in [3.8, 4) is 0 Å². The number of piperazine rings is 1. The fourth-order valence-corrected chi connectivity index (χ4v) is 5.09. The molecular formula is C31H59N5O4. The Balaban J connectivity index is 2.90. The molecule has 4 N–H and O–H groups in total. The summed E-state index contributed by atoms with van der Waals surface area (Å²) in [5.74, 6) is -0.125. The second kappa shape index (κ2) is 18.3. The first kappa shape index (κ1) is 35.9. The van der Waals surface area contributed by atoms with Gasteiger partial charge in [0, 0.05) is 44.7 Å². The van der Waals surface area contributed by atoms with Gasteiger partial charge in [-0.15, -0.1) is 0 Å². The number of hydrogen-bond donors (Lipinski definition) is 4. The monoisotopic (exact) mass is 565 g/mol.